The van der Waals surface area contributed by atoms with E-state index in [1.807, 2.05) is 18.2 Å². The lowest BCUT2D eigenvalue weighted by atomic mass is 9.70. The Labute approximate surface area is 139 Å². The molecule has 0 bridgehead atoms. The highest BCUT2D eigenvalue weighted by Gasteiger charge is 2.33. The van der Waals surface area contributed by atoms with Crippen LogP contribution in [0.5, 0.6) is 0 Å². The topological polar surface area (TPSA) is 12.0 Å². The maximum absolute atomic E-state index is 6.39. The molecular formula is C18H27Cl2N. The first-order chi connectivity index (χ1) is 9.80. The Balaban J connectivity index is 2.17. The number of rotatable bonds is 4. The number of hydrogen-bond donors (Lipinski definition) is 1. The predicted octanol–water partition coefficient (Wildman–Crippen LogP) is 5.87. The number of halogens is 2. The first-order valence-corrected chi connectivity index (χ1v) is 8.74. The molecule has 0 saturated heterocycles. The molecule has 1 aliphatic carbocycles. The third-order valence-corrected chi connectivity index (χ3v) is 5.08. The molecule has 1 N–H and O–H groups in total. The zero-order valence-corrected chi connectivity index (χ0v) is 14.9. The molecule has 21 heavy (non-hydrogen) atoms. The summed E-state index contributed by atoms with van der Waals surface area (Å²) in [4.78, 5) is 0. The van der Waals surface area contributed by atoms with Gasteiger partial charge in [0.1, 0.15) is 0 Å². The van der Waals surface area contributed by atoms with Gasteiger partial charge in [-0.05, 0) is 69.2 Å². The SMILES string of the molecule is CC(C)(C)NCC1(Cc2cc(Cl)ccc2Cl)CCCCC1. The Morgan fingerprint density at radius 3 is 2.38 bits per heavy atom. The molecule has 0 radical (unpaired) electrons. The van der Waals surface area contributed by atoms with Crippen molar-refractivity contribution in [2.45, 2.75) is 64.8 Å². The highest BCUT2D eigenvalue weighted by atomic mass is 35.5. The molecule has 0 aliphatic heterocycles. The minimum Gasteiger partial charge on any atom is -0.312 e. The zero-order valence-electron chi connectivity index (χ0n) is 13.4. The van der Waals surface area contributed by atoms with E-state index < -0.39 is 0 Å². The van der Waals surface area contributed by atoms with Gasteiger partial charge >= 0.3 is 0 Å². The van der Waals surface area contributed by atoms with Crippen LogP contribution in [0.15, 0.2) is 18.2 Å². The van der Waals surface area contributed by atoms with E-state index in [-0.39, 0.29) is 5.54 Å². The van der Waals surface area contributed by atoms with Crippen LogP contribution in [0.4, 0.5) is 0 Å². The van der Waals surface area contributed by atoms with Crippen LogP contribution in [0.2, 0.25) is 10.0 Å². The maximum atomic E-state index is 6.39. The monoisotopic (exact) mass is 327 g/mol. The van der Waals surface area contributed by atoms with Gasteiger partial charge in [0.25, 0.3) is 0 Å². The summed E-state index contributed by atoms with van der Waals surface area (Å²) in [6.45, 7) is 7.75. The van der Waals surface area contributed by atoms with E-state index in [9.17, 15) is 0 Å². The average Bonchev–Trinajstić information content (AvgIpc) is 2.41. The lowest BCUT2D eigenvalue weighted by molar-refractivity contribution is 0.165. The predicted molar refractivity (Wildman–Crippen MR) is 93.4 cm³/mol. The lowest BCUT2D eigenvalue weighted by Crippen LogP contribution is -2.45. The largest absolute Gasteiger partial charge is 0.312 e. The van der Waals surface area contributed by atoms with E-state index in [2.05, 4.69) is 26.1 Å². The summed E-state index contributed by atoms with van der Waals surface area (Å²) in [6, 6.07) is 5.83. The van der Waals surface area contributed by atoms with Crippen molar-refractivity contribution >= 4 is 23.2 Å². The summed E-state index contributed by atoms with van der Waals surface area (Å²) in [6.07, 6.45) is 7.59. The molecule has 2 rings (SSSR count). The summed E-state index contributed by atoms with van der Waals surface area (Å²) in [5, 5.41) is 5.34. The van der Waals surface area contributed by atoms with Gasteiger partial charge in [-0.15, -0.1) is 0 Å². The molecule has 0 unspecified atom stereocenters. The van der Waals surface area contributed by atoms with Crippen LogP contribution < -0.4 is 5.32 Å². The number of hydrogen-bond acceptors (Lipinski definition) is 1. The van der Waals surface area contributed by atoms with Crippen molar-refractivity contribution in [3.8, 4) is 0 Å². The van der Waals surface area contributed by atoms with Crippen LogP contribution in [0.3, 0.4) is 0 Å². The van der Waals surface area contributed by atoms with Gasteiger partial charge in [-0.2, -0.15) is 0 Å². The molecule has 0 amide bonds. The molecule has 1 nitrogen and oxygen atoms in total. The summed E-state index contributed by atoms with van der Waals surface area (Å²) in [5.41, 5.74) is 1.67. The van der Waals surface area contributed by atoms with E-state index in [4.69, 9.17) is 23.2 Å². The fraction of sp³-hybridized carbons (Fsp3) is 0.667. The molecule has 1 saturated carbocycles. The summed E-state index contributed by atoms with van der Waals surface area (Å²) in [5.74, 6) is 0. The normalized spacial score (nSPS) is 18.7. The minimum atomic E-state index is 0.155. The number of nitrogens with one attached hydrogen (secondary N) is 1. The quantitative estimate of drug-likeness (QED) is 0.728. The summed E-state index contributed by atoms with van der Waals surface area (Å²) < 4.78 is 0. The maximum Gasteiger partial charge on any atom is 0.0439 e. The van der Waals surface area contributed by atoms with Gasteiger partial charge in [0.15, 0.2) is 0 Å². The van der Waals surface area contributed by atoms with Crippen LogP contribution in [0.25, 0.3) is 0 Å². The second-order valence-electron chi connectivity index (χ2n) is 7.58. The van der Waals surface area contributed by atoms with Gasteiger partial charge < -0.3 is 5.32 Å². The third kappa shape index (κ3) is 5.16. The average molecular weight is 328 g/mol. The van der Waals surface area contributed by atoms with Gasteiger partial charge in [-0.1, -0.05) is 42.5 Å². The molecule has 1 fully saturated rings. The van der Waals surface area contributed by atoms with Crippen molar-refractivity contribution < 1.29 is 0 Å². The van der Waals surface area contributed by atoms with Gasteiger partial charge in [-0.3, -0.25) is 0 Å². The first-order valence-electron chi connectivity index (χ1n) is 7.99. The van der Waals surface area contributed by atoms with Crippen LogP contribution in [-0.4, -0.2) is 12.1 Å². The summed E-state index contributed by atoms with van der Waals surface area (Å²) in [7, 11) is 0. The van der Waals surface area contributed by atoms with E-state index >= 15 is 0 Å². The Morgan fingerprint density at radius 1 is 1.10 bits per heavy atom. The fourth-order valence-corrected chi connectivity index (χ4v) is 3.63. The summed E-state index contributed by atoms with van der Waals surface area (Å²) >= 11 is 12.5. The third-order valence-electron chi connectivity index (χ3n) is 4.48. The van der Waals surface area contributed by atoms with E-state index in [1.54, 1.807) is 0 Å². The molecular weight excluding hydrogens is 301 g/mol. The van der Waals surface area contributed by atoms with Crippen molar-refractivity contribution in [2.24, 2.45) is 5.41 Å². The van der Waals surface area contributed by atoms with Crippen molar-refractivity contribution in [1.29, 1.82) is 0 Å². The molecule has 3 heteroatoms. The van der Waals surface area contributed by atoms with Crippen molar-refractivity contribution in [2.75, 3.05) is 6.54 Å². The van der Waals surface area contributed by atoms with E-state index in [0.29, 0.717) is 5.41 Å². The molecule has 1 aromatic carbocycles. The lowest BCUT2D eigenvalue weighted by Gasteiger charge is -2.40. The van der Waals surface area contributed by atoms with Crippen LogP contribution >= 0.6 is 23.2 Å². The van der Waals surface area contributed by atoms with Crippen LogP contribution in [-0.2, 0) is 6.42 Å². The Morgan fingerprint density at radius 2 is 1.76 bits per heavy atom. The molecule has 0 spiro atoms. The second-order valence-corrected chi connectivity index (χ2v) is 8.42. The highest BCUT2D eigenvalue weighted by molar-refractivity contribution is 6.33. The molecule has 0 heterocycles. The second kappa shape index (κ2) is 6.89. The van der Waals surface area contributed by atoms with Crippen molar-refractivity contribution in [3.63, 3.8) is 0 Å². The fourth-order valence-electron chi connectivity index (χ4n) is 3.25. The van der Waals surface area contributed by atoms with Crippen molar-refractivity contribution in [3.05, 3.63) is 33.8 Å². The molecule has 1 aromatic rings. The van der Waals surface area contributed by atoms with Crippen LogP contribution in [0, 0.1) is 5.41 Å². The zero-order chi connectivity index (χ0) is 15.5. The van der Waals surface area contributed by atoms with Gasteiger partial charge in [0.2, 0.25) is 0 Å². The number of benzene rings is 1. The molecule has 0 atom stereocenters. The standard InChI is InChI=1S/C18H27Cl2N/c1-17(2,3)21-13-18(9-5-4-6-10-18)12-14-11-15(19)7-8-16(14)20/h7-8,11,21H,4-6,9-10,12-13H2,1-3H3. The van der Waals surface area contributed by atoms with Gasteiger partial charge in [0, 0.05) is 22.1 Å². The Kier molecular flexibility index (Phi) is 5.62. The molecule has 1 aliphatic rings. The van der Waals surface area contributed by atoms with Crippen LogP contribution in [0.1, 0.15) is 58.4 Å². The van der Waals surface area contributed by atoms with Gasteiger partial charge in [0.05, 0.1) is 0 Å². The highest BCUT2D eigenvalue weighted by Crippen LogP contribution is 2.40. The Hall–Kier alpha value is -0.240. The van der Waals surface area contributed by atoms with E-state index in [0.717, 1.165) is 23.0 Å². The Bertz CT molecular complexity index is 471. The molecule has 0 aromatic heterocycles. The minimum absolute atomic E-state index is 0.155. The first kappa shape index (κ1) is 17.1. The van der Waals surface area contributed by atoms with Crippen molar-refractivity contribution in [1.82, 2.24) is 5.32 Å². The van der Waals surface area contributed by atoms with Gasteiger partial charge in [-0.25, -0.2) is 0 Å². The smallest absolute Gasteiger partial charge is 0.0439 e. The van der Waals surface area contributed by atoms with E-state index in [1.165, 1.54) is 37.7 Å². The molecule has 118 valence electrons.